The molecule has 7 rings (SSSR count). The van der Waals surface area contributed by atoms with Gasteiger partial charge in [0.25, 0.3) is 11.5 Å². The predicted molar refractivity (Wildman–Crippen MR) is 140 cm³/mol. The summed E-state index contributed by atoms with van der Waals surface area (Å²) >= 11 is 0. The zero-order valence-corrected chi connectivity index (χ0v) is 21.2. The molecule has 2 N–H and O–H groups in total. The Morgan fingerprint density at radius 3 is 2.61 bits per heavy atom. The number of hydrogen-bond acceptors (Lipinski definition) is 6. The van der Waals surface area contributed by atoms with Gasteiger partial charge in [-0.05, 0) is 67.7 Å². The van der Waals surface area contributed by atoms with Crippen LogP contribution in [-0.4, -0.2) is 63.3 Å². The van der Waals surface area contributed by atoms with Crippen LogP contribution in [0.25, 0.3) is 22.2 Å². The molecule has 1 amide bonds. The Morgan fingerprint density at radius 2 is 1.89 bits per heavy atom. The highest BCUT2D eigenvalue weighted by Crippen LogP contribution is 2.60. The van der Waals surface area contributed by atoms with E-state index in [0.29, 0.717) is 41.7 Å². The van der Waals surface area contributed by atoms with Crippen molar-refractivity contribution in [3.8, 4) is 16.9 Å². The fourth-order valence-corrected chi connectivity index (χ4v) is 6.25. The molecular weight excluding hydrogens is 487 g/mol. The van der Waals surface area contributed by atoms with Gasteiger partial charge in [-0.1, -0.05) is 12.1 Å². The van der Waals surface area contributed by atoms with Crippen LogP contribution in [0.15, 0.2) is 41.3 Å². The summed E-state index contributed by atoms with van der Waals surface area (Å²) in [6, 6.07) is 7.73. The number of benzene rings is 1. The van der Waals surface area contributed by atoms with Gasteiger partial charge in [0.05, 0.1) is 17.6 Å². The molecule has 9 heteroatoms. The summed E-state index contributed by atoms with van der Waals surface area (Å²) in [5.41, 5.74) is 1.28. The van der Waals surface area contributed by atoms with E-state index in [0.717, 1.165) is 44.3 Å². The van der Waals surface area contributed by atoms with Crippen molar-refractivity contribution in [1.29, 1.82) is 0 Å². The van der Waals surface area contributed by atoms with Crippen LogP contribution in [-0.2, 0) is 11.3 Å². The van der Waals surface area contributed by atoms with Crippen LogP contribution >= 0.6 is 0 Å². The van der Waals surface area contributed by atoms with Crippen molar-refractivity contribution in [1.82, 2.24) is 19.8 Å². The number of aromatic nitrogens is 2. The van der Waals surface area contributed by atoms with Crippen LogP contribution in [0.1, 0.15) is 48.9 Å². The van der Waals surface area contributed by atoms with Crippen LogP contribution in [0, 0.1) is 11.2 Å². The second-order valence-corrected chi connectivity index (χ2v) is 11.7. The van der Waals surface area contributed by atoms with Gasteiger partial charge in [-0.3, -0.25) is 19.1 Å². The largest absolute Gasteiger partial charge is 0.506 e. The van der Waals surface area contributed by atoms with Crippen LogP contribution in [0.5, 0.6) is 5.75 Å². The third-order valence-electron chi connectivity index (χ3n) is 8.90. The third-order valence-corrected chi connectivity index (χ3v) is 8.90. The molecule has 198 valence electrons. The highest BCUT2D eigenvalue weighted by atomic mass is 19.1. The van der Waals surface area contributed by atoms with Gasteiger partial charge in [0.2, 0.25) is 0 Å². The fraction of sp³-hybridized carbons (Fsp3) is 0.483. The maximum absolute atomic E-state index is 13.7. The van der Waals surface area contributed by atoms with E-state index < -0.39 is 11.5 Å². The van der Waals surface area contributed by atoms with E-state index in [2.05, 4.69) is 15.2 Å². The topological polar surface area (TPSA) is 96.7 Å². The number of carbonyl (C=O) groups excluding carboxylic acids is 1. The van der Waals surface area contributed by atoms with Gasteiger partial charge in [-0.25, -0.2) is 9.37 Å². The molecule has 3 saturated carbocycles. The monoisotopic (exact) mass is 518 g/mol. The molecule has 38 heavy (non-hydrogen) atoms. The van der Waals surface area contributed by atoms with E-state index in [9.17, 15) is 19.1 Å². The molecule has 4 aliphatic rings. The summed E-state index contributed by atoms with van der Waals surface area (Å²) in [5, 5.41) is 14.6. The minimum absolute atomic E-state index is 0.0275. The van der Waals surface area contributed by atoms with Gasteiger partial charge in [-0.15, -0.1) is 0 Å². The highest BCUT2D eigenvalue weighted by molar-refractivity contribution is 6.02. The summed E-state index contributed by atoms with van der Waals surface area (Å²) in [4.78, 5) is 33.9. The molecule has 1 saturated heterocycles. The van der Waals surface area contributed by atoms with Gasteiger partial charge < -0.3 is 15.2 Å². The molecule has 0 unspecified atom stereocenters. The van der Waals surface area contributed by atoms with E-state index in [1.807, 2.05) is 0 Å². The lowest BCUT2D eigenvalue weighted by atomic mass is 9.77. The number of carbonyl (C=O) groups is 1. The van der Waals surface area contributed by atoms with Gasteiger partial charge in [0.15, 0.2) is 0 Å². The number of halogens is 1. The quantitative estimate of drug-likeness (QED) is 0.519. The molecule has 3 aromatic rings. The summed E-state index contributed by atoms with van der Waals surface area (Å²) in [5.74, 6) is -1.25. The maximum atomic E-state index is 13.7. The Hall–Kier alpha value is -3.30. The number of rotatable bonds is 6. The van der Waals surface area contributed by atoms with Crippen LogP contribution in [0.2, 0.25) is 0 Å². The maximum Gasteiger partial charge on any atom is 0.268 e. The van der Waals surface area contributed by atoms with Crippen molar-refractivity contribution in [3.63, 3.8) is 0 Å². The van der Waals surface area contributed by atoms with Crippen molar-refractivity contribution in [2.45, 2.75) is 56.7 Å². The van der Waals surface area contributed by atoms with Crippen molar-refractivity contribution in [2.75, 3.05) is 26.2 Å². The Balaban J connectivity index is 1.25. The first-order valence-electron chi connectivity index (χ1n) is 13.5. The highest BCUT2D eigenvalue weighted by Gasteiger charge is 2.53. The van der Waals surface area contributed by atoms with Gasteiger partial charge in [-0.2, -0.15) is 0 Å². The lowest BCUT2D eigenvalue weighted by Gasteiger charge is -2.36. The lowest BCUT2D eigenvalue weighted by molar-refractivity contribution is -0.0466. The zero-order valence-electron chi connectivity index (χ0n) is 21.2. The van der Waals surface area contributed by atoms with E-state index in [1.54, 1.807) is 24.4 Å². The standard InChI is InChI=1S/C29H31FN4O4/c30-20-3-1-18(2-4-20)19-13-22-24(35)23(26(36)32-21-14-28(15-21)5-6-28)27(37)34(25(22)31-16-19)10-9-33-11-12-38-29(17-33)7-8-29/h1-4,13,16,21,35H,5-12,14-15,17H2,(H,32,36). The zero-order chi connectivity index (χ0) is 26.1. The van der Waals surface area contributed by atoms with E-state index >= 15 is 0 Å². The number of fused-ring (bicyclic) bond motifs is 1. The summed E-state index contributed by atoms with van der Waals surface area (Å²) < 4.78 is 20.9. The van der Waals surface area contributed by atoms with Gasteiger partial charge >= 0.3 is 0 Å². The van der Waals surface area contributed by atoms with Crippen LogP contribution < -0.4 is 10.9 Å². The molecule has 4 fully saturated rings. The Bertz CT molecular complexity index is 1490. The molecule has 3 heterocycles. The third kappa shape index (κ3) is 4.18. The number of pyridine rings is 2. The molecule has 1 aliphatic heterocycles. The Kier molecular flexibility index (Phi) is 5.39. The van der Waals surface area contributed by atoms with E-state index in [4.69, 9.17) is 4.74 Å². The average Bonchev–Trinajstić information content (AvgIpc) is 3.82. The predicted octanol–water partition coefficient (Wildman–Crippen LogP) is 3.45. The van der Waals surface area contributed by atoms with Gasteiger partial charge in [0.1, 0.15) is 22.8 Å². The second kappa shape index (κ2) is 8.61. The summed E-state index contributed by atoms with van der Waals surface area (Å²) in [7, 11) is 0. The first kappa shape index (κ1) is 23.8. The van der Waals surface area contributed by atoms with Crippen LogP contribution in [0.4, 0.5) is 4.39 Å². The minimum Gasteiger partial charge on any atom is -0.506 e. The Labute approximate surface area is 219 Å². The molecule has 1 aromatic carbocycles. The number of ether oxygens (including phenoxy) is 1. The molecule has 0 bridgehead atoms. The Morgan fingerprint density at radius 1 is 1.13 bits per heavy atom. The molecule has 0 radical (unpaired) electrons. The van der Waals surface area contributed by atoms with E-state index in [1.165, 1.54) is 29.5 Å². The fourth-order valence-electron chi connectivity index (χ4n) is 6.25. The SMILES string of the molecule is O=C(NC1CC2(CC2)C1)c1c(O)c2cc(-c3ccc(F)cc3)cnc2n(CCN2CCOC3(CC3)C2)c1=O. The number of morpholine rings is 1. The number of amides is 1. The number of hydrogen-bond donors (Lipinski definition) is 2. The van der Waals surface area contributed by atoms with Crippen molar-refractivity contribution >= 4 is 16.9 Å². The number of nitrogens with one attached hydrogen (secondary N) is 1. The van der Waals surface area contributed by atoms with Crippen molar-refractivity contribution in [2.24, 2.45) is 5.41 Å². The smallest absolute Gasteiger partial charge is 0.268 e. The van der Waals surface area contributed by atoms with Gasteiger partial charge in [0, 0.05) is 44.0 Å². The summed E-state index contributed by atoms with van der Waals surface area (Å²) in [6.45, 7) is 3.23. The molecule has 2 aromatic heterocycles. The van der Waals surface area contributed by atoms with Crippen molar-refractivity contribution < 1.29 is 19.0 Å². The number of aromatic hydroxyl groups is 1. The van der Waals surface area contributed by atoms with Crippen molar-refractivity contribution in [3.05, 3.63) is 58.3 Å². The molecule has 3 aliphatic carbocycles. The summed E-state index contributed by atoms with van der Waals surface area (Å²) in [6.07, 6.45) is 8.00. The van der Waals surface area contributed by atoms with E-state index in [-0.39, 0.29) is 28.8 Å². The molecule has 8 nitrogen and oxygen atoms in total. The average molecular weight is 519 g/mol. The first-order valence-corrected chi connectivity index (χ1v) is 13.5. The molecule has 2 spiro atoms. The first-order chi connectivity index (χ1) is 18.3. The molecule has 0 atom stereocenters. The molecular formula is C29H31FN4O4. The second-order valence-electron chi connectivity index (χ2n) is 11.7. The normalized spacial score (nSPS) is 21.5. The minimum atomic E-state index is -0.542. The number of nitrogens with zero attached hydrogens (tertiary/aromatic N) is 3. The van der Waals surface area contributed by atoms with Crippen LogP contribution in [0.3, 0.4) is 0 Å². The lowest BCUT2D eigenvalue weighted by Crippen LogP contribution is -2.47.